The van der Waals surface area contributed by atoms with Crippen molar-refractivity contribution in [3.63, 3.8) is 0 Å². The Morgan fingerprint density at radius 3 is 2.38 bits per heavy atom. The number of hydrogen-bond donors (Lipinski definition) is 1. The van der Waals surface area contributed by atoms with Crippen LogP contribution in [0.4, 0.5) is 13.2 Å². The van der Waals surface area contributed by atoms with E-state index >= 15 is 0 Å². The first-order valence-electron chi connectivity index (χ1n) is 10.8. The highest BCUT2D eigenvalue weighted by Crippen LogP contribution is 2.57. The van der Waals surface area contributed by atoms with Gasteiger partial charge in [-0.15, -0.1) is 0 Å². The zero-order valence-electron chi connectivity index (χ0n) is 17.9. The van der Waals surface area contributed by atoms with Crippen LogP contribution in [0.1, 0.15) is 78.8 Å². The fraction of sp³-hybridized carbons (Fsp3) is 0.542. The van der Waals surface area contributed by atoms with Crippen LogP contribution >= 0.6 is 11.6 Å². The molecule has 0 saturated carbocycles. The van der Waals surface area contributed by atoms with Crippen LogP contribution in [0.3, 0.4) is 0 Å². The number of nitrogens with zero attached hydrogens (tertiary/aromatic N) is 1. The predicted octanol–water partition coefficient (Wildman–Crippen LogP) is 5.88. The first-order valence-corrected chi connectivity index (χ1v) is 11.2. The number of alkyl halides is 3. The zero-order chi connectivity index (χ0) is 22.9. The van der Waals surface area contributed by atoms with Gasteiger partial charge >= 0.3 is 6.18 Å². The van der Waals surface area contributed by atoms with E-state index in [2.05, 4.69) is 18.8 Å². The molecule has 1 aliphatic carbocycles. The number of aliphatic hydroxyl groups excluding tert-OH is 1. The highest BCUT2D eigenvalue weighted by Gasteiger charge is 2.52. The maximum absolute atomic E-state index is 13.1. The summed E-state index contributed by atoms with van der Waals surface area (Å²) in [5, 5.41) is 11.4. The third-order valence-corrected chi connectivity index (χ3v) is 7.22. The van der Waals surface area contributed by atoms with Crippen molar-refractivity contribution in [1.29, 1.82) is 0 Å². The van der Waals surface area contributed by atoms with Gasteiger partial charge in [0.25, 0.3) is 0 Å². The molecule has 0 bridgehead atoms. The van der Waals surface area contributed by atoms with Crippen molar-refractivity contribution in [2.45, 2.75) is 63.5 Å². The number of rotatable bonds is 1. The smallest absolute Gasteiger partial charge is 0.388 e. The van der Waals surface area contributed by atoms with Crippen molar-refractivity contribution < 1.29 is 27.8 Å². The van der Waals surface area contributed by atoms with Gasteiger partial charge in [-0.05, 0) is 36.0 Å². The lowest BCUT2D eigenvalue weighted by atomic mass is 9.70. The van der Waals surface area contributed by atoms with Crippen molar-refractivity contribution in [3.8, 4) is 0 Å². The lowest BCUT2D eigenvalue weighted by Crippen LogP contribution is -2.37. The molecule has 2 aliphatic heterocycles. The molecule has 1 aromatic heterocycles. The maximum Gasteiger partial charge on any atom is 0.416 e. The topological polar surface area (TPSA) is 51.6 Å². The van der Waals surface area contributed by atoms with E-state index in [9.17, 15) is 18.3 Å². The molecule has 3 aliphatic rings. The first kappa shape index (κ1) is 22.1. The van der Waals surface area contributed by atoms with Gasteiger partial charge in [0.05, 0.1) is 17.3 Å². The molecule has 0 radical (unpaired) electrons. The second-order valence-electron chi connectivity index (χ2n) is 9.84. The van der Waals surface area contributed by atoms with Gasteiger partial charge in [-0.3, -0.25) is 0 Å². The number of hydrogen-bond acceptors (Lipinski definition) is 4. The van der Waals surface area contributed by atoms with Crippen molar-refractivity contribution in [2.75, 3.05) is 13.2 Å². The average Bonchev–Trinajstić information content (AvgIpc) is 3.02. The standard InChI is InChI=1S/C24H25ClF3NO3/c1-22(2)11-15-17(16(30)12-22)19-18(21(25)29-15)20(32-23(19)7-9-31-10-8-23)13-3-5-14(6-4-13)24(26,27)28/h3-6,16,20,30H,7-12H2,1-2H3/t16?,20-/m1/s1. The van der Waals surface area contributed by atoms with Crippen molar-refractivity contribution >= 4 is 11.6 Å². The van der Waals surface area contributed by atoms with Crippen LogP contribution in [-0.2, 0) is 27.7 Å². The number of pyridine rings is 1. The van der Waals surface area contributed by atoms with E-state index in [0.717, 1.165) is 29.0 Å². The van der Waals surface area contributed by atoms with Crippen LogP contribution < -0.4 is 0 Å². The molecule has 32 heavy (non-hydrogen) atoms. The molecule has 8 heteroatoms. The summed E-state index contributed by atoms with van der Waals surface area (Å²) in [6, 6.07) is 4.99. The molecule has 0 amide bonds. The molecular formula is C24H25ClF3NO3. The lowest BCUT2D eigenvalue weighted by molar-refractivity contribution is -0.137. The largest absolute Gasteiger partial charge is 0.416 e. The minimum absolute atomic E-state index is 0.119. The monoisotopic (exact) mass is 467 g/mol. The fourth-order valence-corrected chi connectivity index (χ4v) is 5.80. The Balaban J connectivity index is 1.68. The molecule has 3 heterocycles. The van der Waals surface area contributed by atoms with Crippen LogP contribution in [0.5, 0.6) is 0 Å². The van der Waals surface area contributed by atoms with Crippen molar-refractivity contribution in [2.24, 2.45) is 5.41 Å². The second-order valence-corrected chi connectivity index (χ2v) is 10.2. The quantitative estimate of drug-likeness (QED) is 0.532. The summed E-state index contributed by atoms with van der Waals surface area (Å²) < 4.78 is 51.4. The average molecular weight is 468 g/mol. The van der Waals surface area contributed by atoms with E-state index in [-0.39, 0.29) is 10.6 Å². The number of ether oxygens (including phenoxy) is 2. The van der Waals surface area contributed by atoms with Crippen LogP contribution in [0.2, 0.25) is 5.15 Å². The minimum atomic E-state index is -4.41. The fourth-order valence-electron chi connectivity index (χ4n) is 5.50. The van der Waals surface area contributed by atoms with Crippen molar-refractivity contribution in [1.82, 2.24) is 4.98 Å². The summed E-state index contributed by atoms with van der Waals surface area (Å²) in [7, 11) is 0. The number of benzene rings is 1. The Morgan fingerprint density at radius 2 is 1.75 bits per heavy atom. The maximum atomic E-state index is 13.1. The summed E-state index contributed by atoms with van der Waals surface area (Å²) >= 11 is 6.71. The molecule has 1 N–H and O–H groups in total. The van der Waals surface area contributed by atoms with Crippen LogP contribution in [0.25, 0.3) is 0 Å². The van der Waals surface area contributed by atoms with E-state index in [1.165, 1.54) is 12.1 Å². The van der Waals surface area contributed by atoms with Gasteiger partial charge in [0.1, 0.15) is 11.3 Å². The van der Waals surface area contributed by atoms with E-state index in [1.807, 2.05) is 0 Å². The Bertz CT molecular complexity index is 1050. The van der Waals surface area contributed by atoms with E-state index in [1.54, 1.807) is 0 Å². The Hall–Kier alpha value is -1.67. The number of aliphatic hydroxyl groups is 1. The van der Waals surface area contributed by atoms with Crippen LogP contribution in [0.15, 0.2) is 24.3 Å². The molecule has 1 saturated heterocycles. The van der Waals surface area contributed by atoms with E-state index < -0.39 is 29.5 Å². The molecule has 1 fully saturated rings. The third kappa shape index (κ3) is 3.54. The van der Waals surface area contributed by atoms with Gasteiger partial charge < -0.3 is 14.6 Å². The second kappa shape index (κ2) is 7.42. The highest BCUT2D eigenvalue weighted by molar-refractivity contribution is 6.30. The number of halogens is 4. The Kier molecular flexibility index (Phi) is 5.13. The SMILES string of the molecule is CC1(C)Cc2nc(Cl)c3c(c2C(O)C1)C1(CCOCC1)O[C@@H]3c1ccc(C(F)(F)F)cc1. The number of aromatic nitrogens is 1. The Morgan fingerprint density at radius 1 is 1.09 bits per heavy atom. The number of fused-ring (bicyclic) bond motifs is 4. The van der Waals surface area contributed by atoms with E-state index in [0.29, 0.717) is 50.0 Å². The van der Waals surface area contributed by atoms with Gasteiger partial charge in [0, 0.05) is 48.4 Å². The Labute approximate surface area is 189 Å². The summed E-state index contributed by atoms with van der Waals surface area (Å²) in [6.07, 6.45) is -3.33. The molecule has 2 atom stereocenters. The van der Waals surface area contributed by atoms with Gasteiger partial charge in [0.15, 0.2) is 0 Å². The zero-order valence-corrected chi connectivity index (χ0v) is 18.7. The molecular weight excluding hydrogens is 443 g/mol. The van der Waals surface area contributed by atoms with Crippen LogP contribution in [-0.4, -0.2) is 23.3 Å². The molecule has 1 aromatic carbocycles. The predicted molar refractivity (Wildman–Crippen MR) is 112 cm³/mol. The molecule has 4 nitrogen and oxygen atoms in total. The van der Waals surface area contributed by atoms with Gasteiger partial charge in [-0.25, -0.2) is 4.98 Å². The molecule has 2 aromatic rings. The van der Waals surface area contributed by atoms with E-state index in [4.69, 9.17) is 21.1 Å². The molecule has 1 spiro atoms. The van der Waals surface area contributed by atoms with Crippen LogP contribution in [0, 0.1) is 5.41 Å². The van der Waals surface area contributed by atoms with Gasteiger partial charge in [0.2, 0.25) is 0 Å². The van der Waals surface area contributed by atoms with Gasteiger partial charge in [-0.2, -0.15) is 13.2 Å². The first-order chi connectivity index (χ1) is 15.0. The summed E-state index contributed by atoms with van der Waals surface area (Å²) in [4.78, 5) is 4.66. The van der Waals surface area contributed by atoms with Crippen molar-refractivity contribution in [3.05, 3.63) is 62.9 Å². The lowest BCUT2D eigenvalue weighted by Gasteiger charge is -2.40. The highest BCUT2D eigenvalue weighted by atomic mass is 35.5. The molecule has 1 unspecified atom stereocenters. The minimum Gasteiger partial charge on any atom is -0.388 e. The molecule has 172 valence electrons. The summed E-state index contributed by atoms with van der Waals surface area (Å²) in [6.45, 7) is 5.17. The normalized spacial score (nSPS) is 26.1. The molecule has 5 rings (SSSR count). The van der Waals surface area contributed by atoms with Gasteiger partial charge in [-0.1, -0.05) is 37.6 Å². The summed E-state index contributed by atoms with van der Waals surface area (Å²) in [5.41, 5.74) is 2.12. The third-order valence-electron chi connectivity index (χ3n) is 6.93. The summed E-state index contributed by atoms with van der Waals surface area (Å²) in [5.74, 6) is 0.